The molecule has 2 aromatic carbocycles. The first kappa shape index (κ1) is 20.8. The van der Waals surface area contributed by atoms with Crippen molar-refractivity contribution in [1.29, 1.82) is 0 Å². The van der Waals surface area contributed by atoms with Gasteiger partial charge in [0.1, 0.15) is 0 Å². The van der Waals surface area contributed by atoms with Crippen LogP contribution in [0.2, 0.25) is 0 Å². The molecule has 0 spiro atoms. The second kappa shape index (κ2) is 11.4. The molecule has 0 N–H and O–H groups in total. The molecule has 0 amide bonds. The molecule has 0 saturated heterocycles. The summed E-state index contributed by atoms with van der Waals surface area (Å²) < 4.78 is 0. The summed E-state index contributed by atoms with van der Waals surface area (Å²) in [6.07, 6.45) is 1.99. The molecule has 0 aliphatic carbocycles. The minimum Gasteiger partial charge on any atom is -0.129 e. The molecule has 0 unspecified atom stereocenters. The number of hydrogen-bond acceptors (Lipinski definition) is 0. The Morgan fingerprint density at radius 3 is 1.67 bits per heavy atom. The van der Waals surface area contributed by atoms with Crippen LogP contribution >= 0.6 is 20.2 Å². The Bertz CT molecular complexity index is 544. The first-order chi connectivity index (χ1) is 9.56. The van der Waals surface area contributed by atoms with Crippen molar-refractivity contribution < 1.29 is 26.2 Å². The van der Waals surface area contributed by atoms with Crippen LogP contribution in [0.5, 0.6) is 0 Å². The van der Waals surface area contributed by atoms with E-state index in [2.05, 4.69) is 63.6 Å². The fourth-order valence-corrected chi connectivity index (χ4v) is 1.86. The van der Waals surface area contributed by atoms with Gasteiger partial charge in [-0.25, -0.2) is 0 Å². The first-order valence-corrected chi connectivity index (χ1v) is 9.04. The molecule has 0 aromatic heterocycles. The molecule has 2 rings (SSSR count). The third kappa shape index (κ3) is 8.10. The number of benzene rings is 2. The van der Waals surface area contributed by atoms with Gasteiger partial charge in [-0.2, -0.15) is 0 Å². The zero-order valence-electron chi connectivity index (χ0n) is 13.1. The maximum Gasteiger partial charge on any atom is 0.0484 e. The molecule has 0 aliphatic rings. The quantitative estimate of drug-likeness (QED) is 0.434. The Hall–Kier alpha value is -0.217. The molecular formula is C18H22ClPZr. The average Bonchev–Trinajstić information content (AvgIpc) is 2.43. The van der Waals surface area contributed by atoms with Crippen LogP contribution in [-0.4, -0.2) is 13.3 Å². The van der Waals surface area contributed by atoms with Crippen LogP contribution in [0.1, 0.15) is 22.3 Å². The number of rotatable bonds is 2. The van der Waals surface area contributed by atoms with E-state index in [-0.39, 0.29) is 26.2 Å². The van der Waals surface area contributed by atoms with Crippen molar-refractivity contribution in [2.75, 3.05) is 13.3 Å². The Balaban J connectivity index is 0.000000922. The molecule has 0 atom stereocenters. The fourth-order valence-electron chi connectivity index (χ4n) is 1.61. The van der Waals surface area contributed by atoms with Gasteiger partial charge < -0.3 is 0 Å². The summed E-state index contributed by atoms with van der Waals surface area (Å²) in [6.45, 7) is 8.45. The minimum atomic E-state index is 0. The maximum absolute atomic E-state index is 6.29. The van der Waals surface area contributed by atoms with Gasteiger partial charge in [0.25, 0.3) is 0 Å². The zero-order valence-corrected chi connectivity index (χ0v) is 17.3. The van der Waals surface area contributed by atoms with Crippen molar-refractivity contribution in [3.8, 4) is 0 Å². The normalized spacial score (nSPS) is 10.2. The van der Waals surface area contributed by atoms with E-state index in [1.807, 2.05) is 18.2 Å². The van der Waals surface area contributed by atoms with Crippen LogP contribution in [0.4, 0.5) is 0 Å². The minimum absolute atomic E-state index is 0. The molecule has 0 bridgehead atoms. The largest absolute Gasteiger partial charge is 0.129 e. The fraction of sp³-hybridized carbons (Fsp3) is 0.222. The summed E-state index contributed by atoms with van der Waals surface area (Å²) in [5, 5.41) is 0.772. The van der Waals surface area contributed by atoms with E-state index in [1.165, 1.54) is 11.1 Å². The molecular weight excluding hydrogens is 374 g/mol. The topological polar surface area (TPSA) is 0 Å². The summed E-state index contributed by atoms with van der Waals surface area (Å²) in [5.74, 6) is 0. The maximum atomic E-state index is 6.29. The SMILES string of the molecule is CPC.Cc1ccc(/C=C(\Cl)c2ccc(C)cc2)cc1.[Zr]. The molecule has 110 valence electrons. The van der Waals surface area contributed by atoms with Crippen molar-refractivity contribution in [2.24, 2.45) is 0 Å². The van der Waals surface area contributed by atoms with Gasteiger partial charge in [0.15, 0.2) is 0 Å². The Morgan fingerprint density at radius 2 is 1.24 bits per heavy atom. The molecule has 0 fully saturated rings. The van der Waals surface area contributed by atoms with Gasteiger partial charge in [-0.05, 0) is 44.4 Å². The van der Waals surface area contributed by atoms with E-state index < -0.39 is 0 Å². The third-order valence-corrected chi connectivity index (χ3v) is 3.03. The molecule has 0 heterocycles. The van der Waals surface area contributed by atoms with Crippen molar-refractivity contribution in [3.05, 3.63) is 70.8 Å². The standard InChI is InChI=1S/C16H15Cl.C2H7P.Zr/c1-12-3-7-14(8-4-12)11-16(17)15-9-5-13(2)6-10-15;1-3-2;/h3-11H,1-2H3;3H,1-2H3;/b16-11-;;. The number of aryl methyl sites for hydroxylation is 2. The molecule has 0 nitrogen and oxygen atoms in total. The van der Waals surface area contributed by atoms with Crippen LogP contribution in [0.3, 0.4) is 0 Å². The van der Waals surface area contributed by atoms with Crippen LogP contribution in [0, 0.1) is 13.8 Å². The van der Waals surface area contributed by atoms with Crippen molar-refractivity contribution >= 4 is 31.3 Å². The molecule has 0 radical (unpaired) electrons. The molecule has 3 heteroatoms. The van der Waals surface area contributed by atoms with Gasteiger partial charge in [0.2, 0.25) is 0 Å². The molecule has 21 heavy (non-hydrogen) atoms. The smallest absolute Gasteiger partial charge is 0.0484 e. The Morgan fingerprint density at radius 1 is 0.857 bits per heavy atom. The summed E-state index contributed by atoms with van der Waals surface area (Å²) >= 11 is 6.29. The van der Waals surface area contributed by atoms with Gasteiger partial charge >= 0.3 is 0 Å². The van der Waals surface area contributed by atoms with E-state index in [4.69, 9.17) is 11.6 Å². The number of halogens is 1. The van der Waals surface area contributed by atoms with E-state index in [9.17, 15) is 0 Å². The van der Waals surface area contributed by atoms with Crippen LogP contribution in [-0.2, 0) is 26.2 Å². The average molecular weight is 396 g/mol. The Labute approximate surface area is 154 Å². The van der Waals surface area contributed by atoms with Gasteiger partial charge in [-0.3, -0.25) is 0 Å². The van der Waals surface area contributed by atoms with Crippen molar-refractivity contribution in [2.45, 2.75) is 13.8 Å². The monoisotopic (exact) mass is 394 g/mol. The van der Waals surface area contributed by atoms with Gasteiger partial charge in [0.05, 0.1) is 0 Å². The van der Waals surface area contributed by atoms with Crippen molar-refractivity contribution in [3.63, 3.8) is 0 Å². The van der Waals surface area contributed by atoms with E-state index in [0.717, 1.165) is 24.7 Å². The molecule has 0 saturated carbocycles. The Kier molecular flexibility index (Phi) is 11.2. The zero-order chi connectivity index (χ0) is 15.0. The van der Waals surface area contributed by atoms with E-state index >= 15 is 0 Å². The van der Waals surface area contributed by atoms with Crippen molar-refractivity contribution in [1.82, 2.24) is 0 Å². The number of hydrogen-bond donors (Lipinski definition) is 0. The first-order valence-electron chi connectivity index (χ1n) is 6.66. The molecule has 2 aromatic rings. The molecule has 0 aliphatic heterocycles. The van der Waals surface area contributed by atoms with Gasteiger partial charge in [0, 0.05) is 31.2 Å². The predicted octanol–water partition coefficient (Wildman–Crippen LogP) is 5.96. The second-order valence-electron chi connectivity index (χ2n) is 4.77. The second-order valence-corrected chi connectivity index (χ2v) is 6.18. The van der Waals surface area contributed by atoms with E-state index in [1.54, 1.807) is 0 Å². The van der Waals surface area contributed by atoms with E-state index in [0.29, 0.717) is 0 Å². The van der Waals surface area contributed by atoms with Gasteiger partial charge in [-0.15, -0.1) is 8.58 Å². The summed E-state index contributed by atoms with van der Waals surface area (Å²) in [6, 6.07) is 16.6. The summed E-state index contributed by atoms with van der Waals surface area (Å²) in [4.78, 5) is 0. The van der Waals surface area contributed by atoms with Crippen LogP contribution in [0.25, 0.3) is 11.1 Å². The van der Waals surface area contributed by atoms with Crippen LogP contribution < -0.4 is 0 Å². The summed E-state index contributed by atoms with van der Waals surface area (Å²) in [7, 11) is 1.08. The third-order valence-electron chi connectivity index (χ3n) is 2.70. The van der Waals surface area contributed by atoms with Gasteiger partial charge in [-0.1, -0.05) is 71.3 Å². The predicted molar refractivity (Wildman–Crippen MR) is 96.2 cm³/mol. The van der Waals surface area contributed by atoms with Crippen LogP contribution in [0.15, 0.2) is 48.5 Å². The summed E-state index contributed by atoms with van der Waals surface area (Å²) in [5.41, 5.74) is 4.68.